The fourth-order valence-corrected chi connectivity index (χ4v) is 2.72. The molecule has 1 N–H and O–H groups in total. The van der Waals surface area contributed by atoms with Gasteiger partial charge in [0, 0.05) is 30.7 Å². The van der Waals surface area contributed by atoms with Crippen LogP contribution in [0.4, 0.5) is 0 Å². The topological polar surface area (TPSA) is 76.9 Å². The number of rotatable bonds is 2. The predicted molar refractivity (Wildman–Crippen MR) is 77.7 cm³/mol. The molecule has 2 amide bonds. The van der Waals surface area contributed by atoms with E-state index in [-0.39, 0.29) is 17.7 Å². The quantitative estimate of drug-likeness (QED) is 0.851. The minimum atomic E-state index is -0.377. The Morgan fingerprint density at radius 3 is 2.81 bits per heavy atom. The molecular formula is C15H18N4O2. The van der Waals surface area contributed by atoms with E-state index in [1.165, 1.54) is 0 Å². The summed E-state index contributed by atoms with van der Waals surface area (Å²) in [7, 11) is 1.86. The maximum Gasteiger partial charge on any atom is 0.235 e. The largest absolute Gasteiger partial charge is 0.296 e. The smallest absolute Gasteiger partial charge is 0.235 e. The average Bonchev–Trinajstić information content (AvgIpc) is 2.75. The van der Waals surface area contributed by atoms with Crippen LogP contribution in [0, 0.1) is 0 Å². The van der Waals surface area contributed by atoms with Gasteiger partial charge < -0.3 is 0 Å². The van der Waals surface area contributed by atoms with Gasteiger partial charge in [-0.2, -0.15) is 5.10 Å². The van der Waals surface area contributed by atoms with Crippen LogP contribution < -0.4 is 5.32 Å². The summed E-state index contributed by atoms with van der Waals surface area (Å²) in [6, 6.07) is 2.02. The lowest BCUT2D eigenvalue weighted by atomic mass is 9.93. The zero-order chi connectivity index (χ0) is 15.1. The molecular weight excluding hydrogens is 268 g/mol. The van der Waals surface area contributed by atoms with E-state index in [1.807, 2.05) is 13.1 Å². The maximum atomic E-state index is 12.0. The number of nitrogens with one attached hydrogen (secondary N) is 1. The Bertz CT molecular complexity index is 733. The molecule has 2 aromatic heterocycles. The molecule has 6 heteroatoms. The van der Waals surface area contributed by atoms with Crippen molar-refractivity contribution in [2.45, 2.75) is 38.5 Å². The highest BCUT2D eigenvalue weighted by atomic mass is 16.2. The first-order valence-corrected chi connectivity index (χ1v) is 7.13. The summed E-state index contributed by atoms with van der Waals surface area (Å²) in [6.45, 7) is 4.18. The zero-order valence-electron chi connectivity index (χ0n) is 12.4. The van der Waals surface area contributed by atoms with Gasteiger partial charge >= 0.3 is 0 Å². The summed E-state index contributed by atoms with van der Waals surface area (Å²) >= 11 is 0. The number of carbonyl (C=O) groups excluding carboxylic acids is 2. The number of pyridine rings is 1. The number of hydrogen-bond acceptors (Lipinski definition) is 4. The second-order valence-corrected chi connectivity index (χ2v) is 5.79. The molecule has 3 rings (SSSR count). The van der Waals surface area contributed by atoms with E-state index in [4.69, 9.17) is 0 Å². The van der Waals surface area contributed by atoms with Crippen LogP contribution >= 0.6 is 0 Å². The van der Waals surface area contributed by atoms with Gasteiger partial charge in [-0.25, -0.2) is 0 Å². The molecule has 2 aromatic rings. The van der Waals surface area contributed by atoms with Crippen LogP contribution in [0.15, 0.2) is 12.3 Å². The molecule has 1 atom stereocenters. The van der Waals surface area contributed by atoms with Crippen LogP contribution in [0.25, 0.3) is 10.9 Å². The Morgan fingerprint density at radius 1 is 1.38 bits per heavy atom. The highest BCUT2D eigenvalue weighted by Crippen LogP contribution is 2.30. The molecule has 6 nitrogen and oxygen atoms in total. The third kappa shape index (κ3) is 2.30. The van der Waals surface area contributed by atoms with Gasteiger partial charge in [-0.15, -0.1) is 0 Å². The molecule has 1 fully saturated rings. The third-order valence-corrected chi connectivity index (χ3v) is 3.95. The summed E-state index contributed by atoms with van der Waals surface area (Å²) in [5, 5.41) is 7.76. The van der Waals surface area contributed by atoms with Crippen molar-refractivity contribution in [1.29, 1.82) is 0 Å². The monoisotopic (exact) mass is 286 g/mol. The number of aromatic nitrogens is 3. The molecule has 1 aliphatic heterocycles. The van der Waals surface area contributed by atoms with Crippen LogP contribution in [-0.2, 0) is 16.6 Å². The molecule has 0 aromatic carbocycles. The van der Waals surface area contributed by atoms with E-state index in [2.05, 4.69) is 29.2 Å². The SMILES string of the molecule is CC(C)c1cc2c(cn1)c(C1CCC(=O)NC1=O)nn2C. The summed E-state index contributed by atoms with van der Waals surface area (Å²) in [5.74, 6) is -0.516. The highest BCUT2D eigenvalue weighted by molar-refractivity contribution is 6.02. The second-order valence-electron chi connectivity index (χ2n) is 5.79. The number of nitrogens with zero attached hydrogens (tertiary/aromatic N) is 3. The minimum Gasteiger partial charge on any atom is -0.296 e. The van der Waals surface area contributed by atoms with Crippen molar-refractivity contribution in [1.82, 2.24) is 20.1 Å². The number of imide groups is 1. The van der Waals surface area contributed by atoms with Crippen LogP contribution in [0.5, 0.6) is 0 Å². The lowest BCUT2D eigenvalue weighted by Gasteiger charge is -2.19. The molecule has 1 aliphatic rings. The van der Waals surface area contributed by atoms with E-state index < -0.39 is 0 Å². The Hall–Kier alpha value is -2.24. The van der Waals surface area contributed by atoms with Gasteiger partial charge in [0.15, 0.2) is 0 Å². The Morgan fingerprint density at radius 2 is 2.14 bits per heavy atom. The first-order chi connectivity index (χ1) is 9.97. The highest BCUT2D eigenvalue weighted by Gasteiger charge is 2.31. The standard InChI is InChI=1S/C15H18N4O2/c1-8(2)11-6-12-10(7-16-11)14(18-19(12)3)9-4-5-13(20)17-15(9)21/h6-9H,4-5H2,1-3H3,(H,17,20,21). The normalized spacial score (nSPS) is 19.3. The van der Waals surface area contributed by atoms with Crippen molar-refractivity contribution in [2.75, 3.05) is 0 Å². The van der Waals surface area contributed by atoms with Gasteiger partial charge in [0.1, 0.15) is 0 Å². The van der Waals surface area contributed by atoms with Crippen LogP contribution in [0.1, 0.15) is 49.9 Å². The van der Waals surface area contributed by atoms with Crippen molar-refractivity contribution in [3.8, 4) is 0 Å². The molecule has 1 unspecified atom stereocenters. The summed E-state index contributed by atoms with van der Waals surface area (Å²) in [6.07, 6.45) is 2.64. The molecule has 0 aliphatic carbocycles. The van der Waals surface area contributed by atoms with Crippen LogP contribution in [0.2, 0.25) is 0 Å². The fraction of sp³-hybridized carbons (Fsp3) is 0.467. The van der Waals surface area contributed by atoms with Gasteiger partial charge in [-0.3, -0.25) is 24.6 Å². The van der Waals surface area contributed by atoms with E-state index in [1.54, 1.807) is 10.9 Å². The van der Waals surface area contributed by atoms with Gasteiger partial charge in [0.25, 0.3) is 0 Å². The number of hydrogen-bond donors (Lipinski definition) is 1. The number of aryl methyl sites for hydroxylation is 1. The summed E-state index contributed by atoms with van der Waals surface area (Å²) in [5.41, 5.74) is 2.68. The average molecular weight is 286 g/mol. The minimum absolute atomic E-state index is 0.211. The molecule has 0 saturated carbocycles. The molecule has 3 heterocycles. The fourth-order valence-electron chi connectivity index (χ4n) is 2.72. The van der Waals surface area contributed by atoms with Gasteiger partial charge in [0.05, 0.1) is 17.1 Å². The Balaban J connectivity index is 2.08. The number of fused-ring (bicyclic) bond motifs is 1. The molecule has 21 heavy (non-hydrogen) atoms. The predicted octanol–water partition coefficient (Wildman–Crippen LogP) is 1.61. The zero-order valence-corrected chi connectivity index (χ0v) is 12.4. The summed E-state index contributed by atoms with van der Waals surface area (Å²) in [4.78, 5) is 27.8. The Labute approximate surface area is 122 Å². The molecule has 1 saturated heterocycles. The van der Waals surface area contributed by atoms with Gasteiger partial charge in [-0.1, -0.05) is 13.8 Å². The van der Waals surface area contributed by atoms with E-state index in [0.29, 0.717) is 24.5 Å². The maximum absolute atomic E-state index is 12.0. The molecule has 110 valence electrons. The van der Waals surface area contributed by atoms with Crippen molar-refractivity contribution in [3.63, 3.8) is 0 Å². The Kier molecular flexibility index (Phi) is 3.23. The number of piperidine rings is 1. The molecule has 0 spiro atoms. The first-order valence-electron chi connectivity index (χ1n) is 7.13. The van der Waals surface area contributed by atoms with E-state index in [0.717, 1.165) is 16.6 Å². The number of carbonyl (C=O) groups is 2. The summed E-state index contributed by atoms with van der Waals surface area (Å²) < 4.78 is 1.78. The van der Waals surface area contributed by atoms with Crippen LogP contribution in [-0.4, -0.2) is 26.6 Å². The third-order valence-electron chi connectivity index (χ3n) is 3.95. The second kappa shape index (κ2) is 4.95. The van der Waals surface area contributed by atoms with Crippen molar-refractivity contribution in [2.24, 2.45) is 7.05 Å². The lowest BCUT2D eigenvalue weighted by Crippen LogP contribution is -2.39. The van der Waals surface area contributed by atoms with Gasteiger partial charge in [-0.05, 0) is 18.4 Å². The van der Waals surface area contributed by atoms with E-state index in [9.17, 15) is 9.59 Å². The lowest BCUT2D eigenvalue weighted by molar-refractivity contribution is -0.134. The van der Waals surface area contributed by atoms with Crippen LogP contribution in [0.3, 0.4) is 0 Å². The molecule has 0 bridgehead atoms. The van der Waals surface area contributed by atoms with Crippen molar-refractivity contribution >= 4 is 22.7 Å². The van der Waals surface area contributed by atoms with Crippen molar-refractivity contribution < 1.29 is 9.59 Å². The van der Waals surface area contributed by atoms with Gasteiger partial charge in [0.2, 0.25) is 11.8 Å². The number of amides is 2. The molecule has 0 radical (unpaired) electrons. The van der Waals surface area contributed by atoms with E-state index >= 15 is 0 Å². The van der Waals surface area contributed by atoms with Crippen molar-refractivity contribution in [3.05, 3.63) is 23.7 Å². The first kappa shape index (κ1) is 13.7.